The third kappa shape index (κ3) is 25.4. The van der Waals surface area contributed by atoms with Gasteiger partial charge in [0.25, 0.3) is 0 Å². The van der Waals surface area contributed by atoms with Crippen LogP contribution in [0.25, 0.3) is 32.3 Å². The molecule has 3 N–H and O–H groups in total. The number of piperidine rings is 1. The summed E-state index contributed by atoms with van der Waals surface area (Å²) in [7, 11) is 1.63. The second kappa shape index (κ2) is 43.7. The van der Waals surface area contributed by atoms with Crippen LogP contribution in [-0.4, -0.2) is 38.3 Å². The molecule has 110 heavy (non-hydrogen) atoms. The van der Waals surface area contributed by atoms with E-state index >= 15 is 0 Å². The van der Waals surface area contributed by atoms with Crippen molar-refractivity contribution in [2.75, 3.05) is 5.32 Å². The summed E-state index contributed by atoms with van der Waals surface area (Å²) in [6.07, 6.45) is 57.4. The molecule has 6 aromatic carbocycles. The molecule has 3 aromatic heterocycles. The molecule has 0 atom stereocenters. The highest BCUT2D eigenvalue weighted by Gasteiger charge is 2.40. The SMILES string of the molecule is CCCCCCCCCCCCCCCc1cccc(Oc2ccc3c4[nH]c(c3c2)Nc2c3cc(Oc5cccc(CCCCCCCCCCCCCCC)c5)ccc3c(n2C)N=c2c3ccc(Oc5cccc(CCCCCCCCCCCCCCC)c5)cc3c(n2B(C)OC2CC(C)(C)NC(C)(C)C2)=N4)c1. The van der Waals surface area contributed by atoms with E-state index < -0.39 is 7.05 Å². The zero-order valence-corrected chi connectivity index (χ0v) is 69.8. The van der Waals surface area contributed by atoms with Crippen molar-refractivity contribution >= 4 is 62.6 Å². The van der Waals surface area contributed by atoms with Crippen molar-refractivity contribution in [3.63, 3.8) is 0 Å². The Morgan fingerprint density at radius 3 is 1.14 bits per heavy atom. The molecule has 0 radical (unpaired) electrons. The fraction of sp³-hybridized carbons (Fsp3) is 0.571. The average Bonchev–Trinajstić information content (AvgIpc) is 1.57. The highest BCUT2D eigenvalue weighted by molar-refractivity contribution is 6.48. The van der Waals surface area contributed by atoms with Crippen LogP contribution in [0.2, 0.25) is 6.82 Å². The molecule has 2 aliphatic heterocycles. The summed E-state index contributed by atoms with van der Waals surface area (Å²) in [5.74, 6) is 7.86. The maximum absolute atomic E-state index is 7.46. The van der Waals surface area contributed by atoms with Gasteiger partial charge in [-0.25, -0.2) is 9.98 Å². The molecular weight excluding hydrogens is 1350 g/mol. The number of fused-ring (bicyclic) bond motifs is 15. The van der Waals surface area contributed by atoms with Gasteiger partial charge in [-0.05, 0) is 194 Å². The molecule has 5 heterocycles. The molecule has 12 heteroatoms. The highest BCUT2D eigenvalue weighted by atomic mass is 16.5. The van der Waals surface area contributed by atoms with Crippen molar-refractivity contribution in [1.82, 2.24) is 19.3 Å². The molecule has 11 rings (SSSR count). The monoisotopic (exact) mass is 1490 g/mol. The van der Waals surface area contributed by atoms with Gasteiger partial charge in [-0.15, -0.1) is 0 Å². The predicted octanol–water partition coefficient (Wildman–Crippen LogP) is 29.1. The Hall–Kier alpha value is -7.28. The number of nitrogens with zero attached hydrogens (tertiary/aromatic N) is 4. The van der Waals surface area contributed by atoms with Crippen LogP contribution in [0.15, 0.2) is 137 Å². The Morgan fingerprint density at radius 1 is 0.382 bits per heavy atom. The summed E-state index contributed by atoms with van der Waals surface area (Å²) in [5.41, 5.74) is 5.12. The first-order chi connectivity index (χ1) is 53.7. The maximum atomic E-state index is 7.46. The quantitative estimate of drug-likeness (QED) is 0.0259. The number of hydrogen-bond donors (Lipinski definition) is 3. The first-order valence-corrected chi connectivity index (χ1v) is 44.7. The highest BCUT2D eigenvalue weighted by Crippen LogP contribution is 2.44. The number of nitrogens with one attached hydrogen (secondary N) is 3. The lowest BCUT2D eigenvalue weighted by Crippen LogP contribution is -2.60. The van der Waals surface area contributed by atoms with E-state index in [2.05, 4.69) is 214 Å². The Balaban J connectivity index is 0.896. The lowest BCUT2D eigenvalue weighted by Gasteiger charge is -2.46. The number of aromatic amines is 1. The minimum absolute atomic E-state index is 0.0477. The third-order valence-corrected chi connectivity index (χ3v) is 23.5. The zero-order valence-electron chi connectivity index (χ0n) is 69.8. The number of anilines is 2. The molecule has 9 aromatic rings. The van der Waals surface area contributed by atoms with Crippen molar-refractivity contribution in [1.29, 1.82) is 0 Å². The summed E-state index contributed by atoms with van der Waals surface area (Å²) >= 11 is 0. The van der Waals surface area contributed by atoms with Crippen molar-refractivity contribution in [3.8, 4) is 34.5 Å². The van der Waals surface area contributed by atoms with E-state index in [-0.39, 0.29) is 17.2 Å². The number of hydrogen-bond acceptors (Lipinski definition) is 8. The van der Waals surface area contributed by atoms with Gasteiger partial charge in [0.1, 0.15) is 68.7 Å². The van der Waals surface area contributed by atoms with Crippen LogP contribution in [0.5, 0.6) is 34.5 Å². The number of rotatable bonds is 51. The molecule has 2 aliphatic rings. The van der Waals surface area contributed by atoms with Gasteiger partial charge >= 0.3 is 7.05 Å². The predicted molar refractivity (Wildman–Crippen MR) is 468 cm³/mol. The minimum Gasteiger partial charge on any atom is -0.457 e. The fourth-order valence-electron chi connectivity index (χ4n) is 17.8. The topological polar surface area (TPSA) is 111 Å². The van der Waals surface area contributed by atoms with Gasteiger partial charge in [-0.3, -0.25) is 0 Å². The Bertz CT molecular complexity index is 4370. The van der Waals surface area contributed by atoms with Gasteiger partial charge in [0.15, 0.2) is 0 Å². The molecule has 0 aliphatic carbocycles. The number of H-pyrrole nitrogens is 1. The second-order valence-electron chi connectivity index (χ2n) is 34.5. The van der Waals surface area contributed by atoms with Gasteiger partial charge in [-0.1, -0.05) is 288 Å². The molecule has 1 fully saturated rings. The summed E-state index contributed by atoms with van der Waals surface area (Å²) in [5, 5.41) is 13.6. The maximum Gasteiger partial charge on any atom is 0.419 e. The minimum atomic E-state index is -0.492. The van der Waals surface area contributed by atoms with Crippen LogP contribution in [0.3, 0.4) is 0 Å². The molecule has 1 saturated heterocycles. The van der Waals surface area contributed by atoms with E-state index in [1.54, 1.807) is 0 Å². The number of ether oxygens (including phenoxy) is 3. The van der Waals surface area contributed by atoms with E-state index in [4.69, 9.17) is 28.8 Å². The molecule has 11 nitrogen and oxygen atoms in total. The van der Waals surface area contributed by atoms with Crippen molar-refractivity contribution in [3.05, 3.63) is 155 Å². The standard InChI is InChI=1S/C98H140BN7O4/c1-10-13-16-19-22-25-28-31-34-37-40-43-46-52-75-55-49-58-78(67-75)107-81-61-64-85-88(70-81)92-100-91(85)102-96-90-72-83(109-80-60-51-57-77(69-80)54-48-45-42-39-36-33-30-27-24-21-18-15-12-3)63-66-87(90)95(106(96)99(8)110-84-73-97(4,5)104-98(6,7)74-84)103-93-86-65-62-82(71-89(86)94(101-92)105(93)9)108-79-59-50-56-76(68-79)53-47-44-41-38-35-32-29-26-23-20-17-14-11-2/h49-51,55-72,84,100-101,104H,10-48,52-54,73-74H2,1-9H3. The van der Waals surface area contributed by atoms with E-state index in [0.717, 1.165) is 127 Å². The second-order valence-corrected chi connectivity index (χ2v) is 34.5. The fourth-order valence-corrected chi connectivity index (χ4v) is 17.8. The van der Waals surface area contributed by atoms with E-state index in [1.807, 2.05) is 0 Å². The third-order valence-electron chi connectivity index (χ3n) is 23.5. The van der Waals surface area contributed by atoms with Gasteiger partial charge in [0, 0.05) is 56.5 Å². The van der Waals surface area contributed by atoms with Gasteiger partial charge in [0.05, 0.1) is 0 Å². The molecule has 0 saturated carbocycles. The van der Waals surface area contributed by atoms with Crippen LogP contribution in [0.4, 0.5) is 23.3 Å². The molecule has 594 valence electrons. The van der Waals surface area contributed by atoms with Gasteiger partial charge in [0.2, 0.25) is 0 Å². The van der Waals surface area contributed by atoms with Crippen molar-refractivity contribution < 1.29 is 18.9 Å². The van der Waals surface area contributed by atoms with Crippen LogP contribution in [-0.2, 0) is 31.0 Å². The van der Waals surface area contributed by atoms with Crippen LogP contribution in [0, 0.1) is 0 Å². The zero-order chi connectivity index (χ0) is 76.8. The van der Waals surface area contributed by atoms with Crippen LogP contribution in [0.1, 0.15) is 328 Å². The van der Waals surface area contributed by atoms with Gasteiger partial charge < -0.3 is 43.5 Å². The Labute approximate surface area is 663 Å². The molecule has 0 spiro atoms. The average molecular weight is 1490 g/mol. The summed E-state index contributed by atoms with van der Waals surface area (Å²) < 4.78 is 32.7. The van der Waals surface area contributed by atoms with Crippen LogP contribution < -0.4 is 35.8 Å². The molecule has 0 amide bonds. The molecule has 6 bridgehead atoms. The Morgan fingerprint density at radius 2 is 0.727 bits per heavy atom. The summed E-state index contributed by atoms with van der Waals surface area (Å²) in [4.78, 5) is 15.6. The molecule has 0 unspecified atom stereocenters. The van der Waals surface area contributed by atoms with E-state index in [9.17, 15) is 0 Å². The summed E-state index contributed by atoms with van der Waals surface area (Å²) in [6, 6.07) is 45.5. The van der Waals surface area contributed by atoms with E-state index in [0.29, 0.717) is 5.82 Å². The first kappa shape index (κ1) is 83.7. The largest absolute Gasteiger partial charge is 0.457 e. The number of aromatic nitrogens is 3. The number of benzene rings is 6. The van der Waals surface area contributed by atoms with Crippen molar-refractivity contribution in [2.45, 2.75) is 355 Å². The number of unbranched alkanes of at least 4 members (excludes halogenated alkanes) is 36. The van der Waals surface area contributed by atoms with Gasteiger partial charge in [-0.2, -0.15) is 0 Å². The number of aryl methyl sites for hydroxylation is 3. The van der Waals surface area contributed by atoms with Crippen molar-refractivity contribution in [2.24, 2.45) is 17.0 Å². The molecular formula is C98H140BN7O4. The Kier molecular flexibility index (Phi) is 33.2. The lowest BCUT2D eigenvalue weighted by molar-refractivity contribution is 0.0531. The smallest absolute Gasteiger partial charge is 0.419 e. The first-order valence-electron chi connectivity index (χ1n) is 44.7. The summed E-state index contributed by atoms with van der Waals surface area (Å²) in [6.45, 7) is 18.2. The van der Waals surface area contributed by atoms with Crippen LogP contribution >= 0.6 is 0 Å². The lowest BCUT2D eigenvalue weighted by atomic mass is 9.78. The van der Waals surface area contributed by atoms with E-state index in [1.165, 1.54) is 267 Å². The normalized spacial score (nSPS) is 14.0.